The highest BCUT2D eigenvalue weighted by atomic mass is 32.1. The van der Waals surface area contributed by atoms with Crippen LogP contribution in [0.2, 0.25) is 0 Å². The minimum absolute atomic E-state index is 0.575. The second kappa shape index (κ2) is 11.5. The average molecular weight is 660 g/mol. The van der Waals surface area contributed by atoms with Gasteiger partial charge in [0.25, 0.3) is 0 Å². The normalized spacial score (nSPS) is 11.6. The Morgan fingerprint density at radius 3 is 1.72 bits per heavy atom. The highest BCUT2D eigenvalue weighted by Crippen LogP contribution is 2.41. The Morgan fingerprint density at radius 2 is 1.02 bits per heavy atom. The van der Waals surface area contributed by atoms with Gasteiger partial charge < -0.3 is 4.42 Å². The molecule has 4 heterocycles. The molecule has 0 aliphatic heterocycles. The van der Waals surface area contributed by atoms with Gasteiger partial charge in [0.1, 0.15) is 11.2 Å². The summed E-state index contributed by atoms with van der Waals surface area (Å²) < 4.78 is 8.97. The van der Waals surface area contributed by atoms with Gasteiger partial charge in [0.15, 0.2) is 23.3 Å². The third-order valence-corrected chi connectivity index (χ3v) is 10.1. The number of hydrogen-bond acceptors (Lipinski definition) is 7. The monoisotopic (exact) mass is 659 g/mol. The number of aromatic nitrogens is 5. The van der Waals surface area contributed by atoms with Gasteiger partial charge in [0.05, 0.1) is 21.5 Å². The highest BCUT2D eigenvalue weighted by molar-refractivity contribution is 7.26. The maximum atomic E-state index is 6.71. The molecule has 10 rings (SSSR count). The van der Waals surface area contributed by atoms with Crippen molar-refractivity contribution in [3.63, 3.8) is 0 Å². The molecule has 0 saturated heterocycles. The molecule has 234 valence electrons. The molecule has 6 aromatic carbocycles. The molecule has 0 radical (unpaired) electrons. The molecule has 4 aromatic heterocycles. The van der Waals surface area contributed by atoms with Gasteiger partial charge in [-0.1, -0.05) is 127 Å². The molecule has 50 heavy (non-hydrogen) atoms. The summed E-state index contributed by atoms with van der Waals surface area (Å²) in [6.45, 7) is 0. The fourth-order valence-corrected chi connectivity index (χ4v) is 7.71. The minimum Gasteiger partial charge on any atom is -0.455 e. The topological polar surface area (TPSA) is 77.6 Å². The van der Waals surface area contributed by atoms with Crippen LogP contribution in [0.1, 0.15) is 0 Å². The molecule has 0 aliphatic carbocycles. The maximum absolute atomic E-state index is 6.71. The molecule has 0 spiro atoms. The van der Waals surface area contributed by atoms with Gasteiger partial charge in [0.2, 0.25) is 0 Å². The Kier molecular flexibility index (Phi) is 6.57. The first-order valence-corrected chi connectivity index (χ1v) is 17.2. The molecule has 0 saturated carbocycles. The molecule has 0 bridgehead atoms. The lowest BCUT2D eigenvalue weighted by Gasteiger charge is -2.08. The predicted molar refractivity (Wildman–Crippen MR) is 203 cm³/mol. The molecule has 0 fully saturated rings. The van der Waals surface area contributed by atoms with E-state index in [0.717, 1.165) is 71.1 Å². The zero-order chi connectivity index (χ0) is 33.0. The van der Waals surface area contributed by atoms with E-state index in [1.165, 1.54) is 4.70 Å². The molecule has 6 nitrogen and oxygen atoms in total. The average Bonchev–Trinajstić information content (AvgIpc) is 3.76. The van der Waals surface area contributed by atoms with E-state index in [0.29, 0.717) is 23.3 Å². The number of furan rings is 1. The lowest BCUT2D eigenvalue weighted by atomic mass is 10.1. The van der Waals surface area contributed by atoms with E-state index in [1.807, 2.05) is 97.1 Å². The van der Waals surface area contributed by atoms with Gasteiger partial charge in [0, 0.05) is 43.1 Å². The molecular formula is C43H25N5OS. The lowest BCUT2D eigenvalue weighted by Crippen LogP contribution is -2.00. The van der Waals surface area contributed by atoms with Crippen LogP contribution < -0.4 is 0 Å². The van der Waals surface area contributed by atoms with Crippen molar-refractivity contribution >= 4 is 53.6 Å². The van der Waals surface area contributed by atoms with E-state index in [4.69, 9.17) is 29.3 Å². The van der Waals surface area contributed by atoms with Gasteiger partial charge in [-0.15, -0.1) is 11.3 Å². The summed E-state index contributed by atoms with van der Waals surface area (Å²) in [5.41, 5.74) is 7.92. The quantitative estimate of drug-likeness (QED) is 0.183. The Morgan fingerprint density at radius 1 is 0.420 bits per heavy atom. The standard InChI is InChI=1S/C43H25N5OS/c1-4-13-26(14-5-1)36-39-37(32-19-10-11-22-35(32)50-39)45-43(44-36)33-21-12-20-31-30-24-23-29(25-34(30)49-38(31)33)42-47-40(27-15-6-2-7-16-27)46-41(48-42)28-17-8-3-9-18-28/h1-25H. The van der Waals surface area contributed by atoms with Crippen LogP contribution in [0.15, 0.2) is 156 Å². The Bertz CT molecular complexity index is 2810. The van der Waals surface area contributed by atoms with Crippen molar-refractivity contribution < 1.29 is 4.42 Å². The van der Waals surface area contributed by atoms with Gasteiger partial charge in [-0.3, -0.25) is 0 Å². The summed E-state index contributed by atoms with van der Waals surface area (Å²) in [5, 5.41) is 3.11. The highest BCUT2D eigenvalue weighted by Gasteiger charge is 2.20. The summed E-state index contributed by atoms with van der Waals surface area (Å²) in [7, 11) is 0. The fourth-order valence-electron chi connectivity index (χ4n) is 6.55. The van der Waals surface area contributed by atoms with Gasteiger partial charge in [-0.2, -0.15) is 0 Å². The van der Waals surface area contributed by atoms with E-state index in [2.05, 4.69) is 54.6 Å². The van der Waals surface area contributed by atoms with E-state index in [9.17, 15) is 0 Å². The van der Waals surface area contributed by atoms with Crippen LogP contribution >= 0.6 is 11.3 Å². The fraction of sp³-hybridized carbons (Fsp3) is 0. The maximum Gasteiger partial charge on any atom is 0.164 e. The Balaban J connectivity index is 1.15. The number of benzene rings is 6. The first kappa shape index (κ1) is 28.4. The third kappa shape index (κ3) is 4.75. The summed E-state index contributed by atoms with van der Waals surface area (Å²) >= 11 is 1.73. The summed E-state index contributed by atoms with van der Waals surface area (Å²) in [5.74, 6) is 2.43. The van der Waals surface area contributed by atoms with Crippen molar-refractivity contribution in [1.82, 2.24) is 24.9 Å². The van der Waals surface area contributed by atoms with E-state index < -0.39 is 0 Å². The van der Waals surface area contributed by atoms with E-state index in [-0.39, 0.29) is 0 Å². The molecule has 0 N–H and O–H groups in total. The minimum atomic E-state index is 0.575. The van der Waals surface area contributed by atoms with Crippen molar-refractivity contribution in [2.45, 2.75) is 0 Å². The number of nitrogens with zero attached hydrogens (tertiary/aromatic N) is 5. The second-order valence-electron chi connectivity index (χ2n) is 12.1. The van der Waals surface area contributed by atoms with Gasteiger partial charge >= 0.3 is 0 Å². The number of hydrogen-bond donors (Lipinski definition) is 0. The molecule has 0 atom stereocenters. The van der Waals surface area contributed by atoms with E-state index >= 15 is 0 Å². The molecular weight excluding hydrogens is 635 g/mol. The SMILES string of the molecule is c1ccc(-c2nc(-c3ccccc3)nc(-c3ccc4c(c3)oc3c(-c5nc(-c6ccccc6)c6sc7ccccc7c6n5)cccc34)n2)cc1. The number of fused-ring (bicyclic) bond motifs is 6. The lowest BCUT2D eigenvalue weighted by molar-refractivity contribution is 0.669. The van der Waals surface area contributed by atoms with E-state index in [1.54, 1.807) is 11.3 Å². The van der Waals surface area contributed by atoms with Crippen LogP contribution in [-0.2, 0) is 0 Å². The van der Waals surface area contributed by atoms with Gasteiger partial charge in [-0.05, 0) is 24.3 Å². The number of para-hydroxylation sites is 1. The van der Waals surface area contributed by atoms with Crippen molar-refractivity contribution in [3.05, 3.63) is 152 Å². The summed E-state index contributed by atoms with van der Waals surface area (Å²) in [6.07, 6.45) is 0. The molecule has 0 amide bonds. The molecule has 0 aliphatic rings. The second-order valence-corrected chi connectivity index (χ2v) is 13.1. The van der Waals surface area contributed by atoms with Crippen molar-refractivity contribution in [1.29, 1.82) is 0 Å². The summed E-state index contributed by atoms with van der Waals surface area (Å²) in [4.78, 5) is 25.1. The first-order valence-electron chi connectivity index (χ1n) is 16.3. The Labute approximate surface area is 290 Å². The van der Waals surface area contributed by atoms with Crippen molar-refractivity contribution in [2.24, 2.45) is 0 Å². The van der Waals surface area contributed by atoms with Crippen LogP contribution in [0.4, 0.5) is 0 Å². The Hall–Kier alpha value is -6.57. The zero-order valence-electron chi connectivity index (χ0n) is 26.5. The van der Waals surface area contributed by atoms with Gasteiger partial charge in [-0.25, -0.2) is 24.9 Å². The number of thiophene rings is 1. The van der Waals surface area contributed by atoms with Crippen LogP contribution in [0.3, 0.4) is 0 Å². The predicted octanol–water partition coefficient (Wildman–Crippen LogP) is 11.3. The molecule has 0 unspecified atom stereocenters. The van der Waals surface area contributed by atoms with Crippen molar-refractivity contribution in [2.75, 3.05) is 0 Å². The van der Waals surface area contributed by atoms with Crippen molar-refractivity contribution in [3.8, 4) is 56.8 Å². The first-order chi connectivity index (χ1) is 24.8. The smallest absolute Gasteiger partial charge is 0.164 e. The van der Waals surface area contributed by atoms with Crippen LogP contribution in [0.25, 0.3) is 99.1 Å². The van der Waals surface area contributed by atoms with Crippen LogP contribution in [-0.4, -0.2) is 24.9 Å². The molecule has 7 heteroatoms. The summed E-state index contributed by atoms with van der Waals surface area (Å²) in [6, 6.07) is 51.1. The zero-order valence-corrected chi connectivity index (χ0v) is 27.3. The molecule has 10 aromatic rings. The third-order valence-electron chi connectivity index (χ3n) is 8.96. The van der Waals surface area contributed by atoms with Crippen LogP contribution in [0.5, 0.6) is 0 Å². The van der Waals surface area contributed by atoms with Crippen LogP contribution in [0, 0.1) is 0 Å². The number of rotatable bonds is 5. The largest absolute Gasteiger partial charge is 0.455 e.